The van der Waals surface area contributed by atoms with E-state index in [1.165, 1.54) is 0 Å². The molecule has 0 radical (unpaired) electrons. The van der Waals surface area contributed by atoms with Crippen LogP contribution in [0.25, 0.3) is 5.69 Å². The molecule has 0 spiro atoms. The molecule has 0 fully saturated rings. The Balaban J connectivity index is 1.97. The average Bonchev–Trinajstić information content (AvgIpc) is 3.10. The van der Waals surface area contributed by atoms with Crippen LogP contribution in [0, 0.1) is 13.8 Å². The van der Waals surface area contributed by atoms with Crippen LogP contribution >= 0.6 is 0 Å². The van der Waals surface area contributed by atoms with E-state index in [2.05, 4.69) is 15.5 Å². The molecule has 6 nitrogen and oxygen atoms in total. The van der Waals surface area contributed by atoms with E-state index in [1.807, 2.05) is 25.1 Å². The Morgan fingerprint density at radius 2 is 2.14 bits per heavy atom. The van der Waals surface area contributed by atoms with Crippen LogP contribution in [-0.2, 0) is 0 Å². The van der Waals surface area contributed by atoms with E-state index in [9.17, 15) is 4.79 Å². The second-order valence-corrected chi connectivity index (χ2v) is 4.77. The molecule has 0 saturated heterocycles. The first kappa shape index (κ1) is 13.1. The van der Waals surface area contributed by atoms with E-state index in [1.54, 1.807) is 36.3 Å². The molecule has 0 unspecified atom stereocenters. The first-order valence-corrected chi connectivity index (χ1v) is 6.47. The van der Waals surface area contributed by atoms with Crippen molar-refractivity contribution in [2.24, 2.45) is 0 Å². The summed E-state index contributed by atoms with van der Waals surface area (Å²) in [7, 11) is 0. The Hall–Kier alpha value is -2.89. The summed E-state index contributed by atoms with van der Waals surface area (Å²) in [5.41, 5.74) is 2.31. The molecule has 0 saturated carbocycles. The average molecular weight is 282 g/mol. The Morgan fingerprint density at radius 1 is 1.29 bits per heavy atom. The third kappa shape index (κ3) is 2.69. The molecule has 2 heterocycles. The minimum Gasteiger partial charge on any atom is -0.360 e. The van der Waals surface area contributed by atoms with Crippen LogP contribution in [-0.4, -0.2) is 20.6 Å². The number of carbonyl (C=O) groups excluding carboxylic acids is 1. The van der Waals surface area contributed by atoms with Crippen LogP contribution in [0.1, 0.15) is 21.7 Å². The number of benzene rings is 1. The van der Waals surface area contributed by atoms with Crippen molar-refractivity contribution in [3.8, 4) is 5.69 Å². The lowest BCUT2D eigenvalue weighted by Gasteiger charge is -2.10. The fraction of sp³-hybridized carbons (Fsp3) is 0.133. The second-order valence-electron chi connectivity index (χ2n) is 4.77. The van der Waals surface area contributed by atoms with Gasteiger partial charge in [0.15, 0.2) is 5.82 Å². The Labute approximate surface area is 121 Å². The van der Waals surface area contributed by atoms with Crippen molar-refractivity contribution in [3.63, 3.8) is 0 Å². The van der Waals surface area contributed by atoms with Gasteiger partial charge in [-0.3, -0.25) is 4.79 Å². The molecule has 0 atom stereocenters. The predicted molar refractivity (Wildman–Crippen MR) is 77.5 cm³/mol. The van der Waals surface area contributed by atoms with E-state index >= 15 is 0 Å². The summed E-state index contributed by atoms with van der Waals surface area (Å²) in [6.45, 7) is 3.71. The van der Waals surface area contributed by atoms with Crippen molar-refractivity contribution in [2.45, 2.75) is 13.8 Å². The van der Waals surface area contributed by atoms with Gasteiger partial charge in [0.2, 0.25) is 0 Å². The third-order valence-electron chi connectivity index (χ3n) is 3.05. The maximum absolute atomic E-state index is 12.5. The molecule has 0 aliphatic carbocycles. The monoisotopic (exact) mass is 282 g/mol. The van der Waals surface area contributed by atoms with Gasteiger partial charge < -0.3 is 14.4 Å². The highest BCUT2D eigenvalue weighted by atomic mass is 16.5. The van der Waals surface area contributed by atoms with Crippen LogP contribution in [0.4, 0.5) is 5.82 Å². The number of anilines is 1. The van der Waals surface area contributed by atoms with Crippen LogP contribution in [0.2, 0.25) is 0 Å². The summed E-state index contributed by atoms with van der Waals surface area (Å²) >= 11 is 0. The third-order valence-corrected chi connectivity index (χ3v) is 3.05. The number of nitrogens with zero attached hydrogens (tertiary/aromatic N) is 3. The highest BCUT2D eigenvalue weighted by molar-refractivity contribution is 6.06. The number of carbonyl (C=O) groups is 1. The molecule has 21 heavy (non-hydrogen) atoms. The minimum atomic E-state index is -0.240. The van der Waals surface area contributed by atoms with Crippen molar-refractivity contribution >= 4 is 11.7 Å². The smallest absolute Gasteiger partial charge is 0.259 e. The van der Waals surface area contributed by atoms with Crippen LogP contribution in [0.5, 0.6) is 0 Å². The largest absolute Gasteiger partial charge is 0.360 e. The van der Waals surface area contributed by atoms with Gasteiger partial charge >= 0.3 is 0 Å². The highest BCUT2D eigenvalue weighted by Crippen LogP contribution is 2.18. The summed E-state index contributed by atoms with van der Waals surface area (Å²) < 4.78 is 6.74. The molecule has 0 aliphatic heterocycles. The molecule has 1 N–H and O–H groups in total. The fourth-order valence-corrected chi connectivity index (χ4v) is 2.07. The van der Waals surface area contributed by atoms with Gasteiger partial charge in [-0.05, 0) is 26.0 Å². The molecule has 0 aliphatic rings. The van der Waals surface area contributed by atoms with Gasteiger partial charge in [-0.25, -0.2) is 4.98 Å². The molecular formula is C15H14N4O2. The van der Waals surface area contributed by atoms with Crippen molar-refractivity contribution in [2.75, 3.05) is 5.32 Å². The highest BCUT2D eigenvalue weighted by Gasteiger charge is 2.14. The van der Waals surface area contributed by atoms with E-state index in [0.717, 1.165) is 11.3 Å². The first-order valence-electron chi connectivity index (χ1n) is 6.47. The normalized spacial score (nSPS) is 10.6. The second kappa shape index (κ2) is 5.24. The lowest BCUT2D eigenvalue weighted by molar-refractivity contribution is 0.102. The van der Waals surface area contributed by atoms with Gasteiger partial charge in [0.1, 0.15) is 5.76 Å². The lowest BCUT2D eigenvalue weighted by atomic mass is 10.1. The van der Waals surface area contributed by atoms with Crippen LogP contribution in [0.15, 0.2) is 47.5 Å². The molecule has 1 aromatic carbocycles. The number of aromatic nitrogens is 3. The van der Waals surface area contributed by atoms with Gasteiger partial charge in [0.05, 0.1) is 17.6 Å². The van der Waals surface area contributed by atoms with Gasteiger partial charge in [0.25, 0.3) is 5.91 Å². The van der Waals surface area contributed by atoms with E-state index in [-0.39, 0.29) is 5.91 Å². The zero-order valence-corrected chi connectivity index (χ0v) is 11.7. The Morgan fingerprint density at radius 3 is 2.81 bits per heavy atom. The number of hydrogen-bond donors (Lipinski definition) is 1. The van der Waals surface area contributed by atoms with Crippen LogP contribution < -0.4 is 5.32 Å². The number of hydrogen-bond acceptors (Lipinski definition) is 4. The summed E-state index contributed by atoms with van der Waals surface area (Å²) in [6, 6.07) is 7.34. The molecule has 106 valence electrons. The van der Waals surface area contributed by atoms with E-state index < -0.39 is 0 Å². The van der Waals surface area contributed by atoms with Crippen molar-refractivity contribution in [3.05, 3.63) is 59.9 Å². The molecule has 2 aromatic heterocycles. The zero-order chi connectivity index (χ0) is 14.8. The molecule has 3 aromatic rings. The fourth-order valence-electron chi connectivity index (χ4n) is 2.07. The molecule has 1 amide bonds. The SMILES string of the molecule is Cc1ccc(-n2ccnc2)c(C(=O)Nc2cc(C)on2)c1. The maximum Gasteiger partial charge on any atom is 0.259 e. The van der Waals surface area contributed by atoms with Crippen molar-refractivity contribution in [1.29, 1.82) is 0 Å². The summed E-state index contributed by atoms with van der Waals surface area (Å²) in [5.74, 6) is 0.802. The maximum atomic E-state index is 12.5. The van der Waals surface area contributed by atoms with E-state index in [4.69, 9.17) is 4.52 Å². The quantitative estimate of drug-likeness (QED) is 0.801. The molecule has 6 heteroatoms. The number of aryl methyl sites for hydroxylation is 2. The van der Waals surface area contributed by atoms with Gasteiger partial charge in [0, 0.05) is 18.5 Å². The number of nitrogens with one attached hydrogen (secondary N) is 1. The van der Waals surface area contributed by atoms with E-state index in [0.29, 0.717) is 17.1 Å². The standard InChI is InChI=1S/C15H14N4O2/c1-10-3-4-13(19-6-5-16-9-19)12(7-10)15(20)17-14-8-11(2)21-18-14/h3-9H,1-2H3,(H,17,18,20). The number of imidazole rings is 1. The number of rotatable bonds is 3. The van der Waals surface area contributed by atoms with Crippen LogP contribution in [0.3, 0.4) is 0 Å². The first-order chi connectivity index (χ1) is 10.1. The van der Waals surface area contributed by atoms with Crippen molar-refractivity contribution in [1.82, 2.24) is 14.7 Å². The Bertz CT molecular complexity index is 775. The molecule has 3 rings (SSSR count). The van der Waals surface area contributed by atoms with Gasteiger partial charge in [-0.2, -0.15) is 0 Å². The Kier molecular flexibility index (Phi) is 3.27. The number of amides is 1. The lowest BCUT2D eigenvalue weighted by Crippen LogP contribution is -2.15. The molecule has 0 bridgehead atoms. The van der Waals surface area contributed by atoms with Gasteiger partial charge in [-0.15, -0.1) is 0 Å². The summed E-state index contributed by atoms with van der Waals surface area (Å²) in [4.78, 5) is 16.5. The predicted octanol–water partition coefficient (Wildman–Crippen LogP) is 2.73. The summed E-state index contributed by atoms with van der Waals surface area (Å²) in [6.07, 6.45) is 5.12. The summed E-state index contributed by atoms with van der Waals surface area (Å²) in [5, 5.41) is 6.50. The zero-order valence-electron chi connectivity index (χ0n) is 11.7. The topological polar surface area (TPSA) is 73.0 Å². The molecular weight excluding hydrogens is 268 g/mol. The minimum absolute atomic E-state index is 0.240. The van der Waals surface area contributed by atoms with Gasteiger partial charge in [-0.1, -0.05) is 16.8 Å². The van der Waals surface area contributed by atoms with Crippen molar-refractivity contribution < 1.29 is 9.32 Å².